The molecule has 102 valence electrons. The van der Waals surface area contributed by atoms with E-state index in [0.717, 1.165) is 5.75 Å². The number of hydrogen-bond donors (Lipinski definition) is 2. The summed E-state index contributed by atoms with van der Waals surface area (Å²) in [4.78, 5) is 0.338. The Balaban J connectivity index is 3.13. The van der Waals surface area contributed by atoms with Gasteiger partial charge in [0.1, 0.15) is 0 Å². The second-order valence-corrected chi connectivity index (χ2v) is 7.02. The van der Waals surface area contributed by atoms with Gasteiger partial charge in [-0.05, 0) is 50.3 Å². The average Bonchev–Trinajstić information content (AvgIpc) is 2.13. The van der Waals surface area contributed by atoms with Gasteiger partial charge in [0.2, 0.25) is 10.0 Å². The fourth-order valence-electron chi connectivity index (χ4n) is 2.02. The van der Waals surface area contributed by atoms with Crippen LogP contribution in [0.15, 0.2) is 17.0 Å². The maximum atomic E-state index is 12.3. The van der Waals surface area contributed by atoms with Crippen LogP contribution in [0.1, 0.15) is 18.1 Å². The van der Waals surface area contributed by atoms with Crippen molar-refractivity contribution in [2.75, 3.05) is 17.7 Å². The fourth-order valence-corrected chi connectivity index (χ4v) is 4.40. The van der Waals surface area contributed by atoms with E-state index in [9.17, 15) is 8.42 Å². The molecule has 0 bridgehead atoms. The molecule has 0 saturated carbocycles. The molecular weight excluding hydrogens is 268 g/mol. The molecule has 0 saturated heterocycles. The number of sulfonamides is 1. The standard InChI is InChI=1S/C12H20N2O2S2/c1-8-5-11(13)6-9(2)12(8)18(15,16)14-10(3)7-17-4/h5-6,10,14H,7,13H2,1-4H3. The number of benzene rings is 1. The molecule has 3 N–H and O–H groups in total. The third kappa shape index (κ3) is 3.63. The average molecular weight is 288 g/mol. The van der Waals surface area contributed by atoms with E-state index in [2.05, 4.69) is 4.72 Å². The van der Waals surface area contributed by atoms with Crippen LogP contribution in [0, 0.1) is 13.8 Å². The van der Waals surface area contributed by atoms with Gasteiger partial charge in [0, 0.05) is 17.5 Å². The highest BCUT2D eigenvalue weighted by Crippen LogP contribution is 2.23. The Kier molecular flexibility index (Phi) is 5.07. The van der Waals surface area contributed by atoms with Gasteiger partial charge in [0.25, 0.3) is 0 Å². The maximum absolute atomic E-state index is 12.3. The van der Waals surface area contributed by atoms with Crippen LogP contribution in [0.25, 0.3) is 0 Å². The fraction of sp³-hybridized carbons (Fsp3) is 0.500. The molecule has 0 aromatic heterocycles. The Morgan fingerprint density at radius 3 is 2.28 bits per heavy atom. The van der Waals surface area contributed by atoms with Crippen molar-refractivity contribution >= 4 is 27.5 Å². The van der Waals surface area contributed by atoms with Crippen molar-refractivity contribution in [2.45, 2.75) is 31.7 Å². The van der Waals surface area contributed by atoms with Crippen molar-refractivity contribution in [3.8, 4) is 0 Å². The van der Waals surface area contributed by atoms with Crippen LogP contribution in [-0.4, -0.2) is 26.5 Å². The van der Waals surface area contributed by atoms with Gasteiger partial charge in [-0.2, -0.15) is 11.8 Å². The molecule has 0 fully saturated rings. The Hall–Kier alpha value is -0.720. The molecule has 0 aliphatic rings. The first kappa shape index (κ1) is 15.3. The van der Waals surface area contributed by atoms with Crippen molar-refractivity contribution in [1.29, 1.82) is 0 Å². The van der Waals surface area contributed by atoms with Crippen molar-refractivity contribution in [3.05, 3.63) is 23.3 Å². The predicted octanol–water partition coefficient (Wildman–Crippen LogP) is 1.92. The second kappa shape index (κ2) is 5.95. The minimum atomic E-state index is -3.48. The Morgan fingerprint density at radius 2 is 1.83 bits per heavy atom. The highest BCUT2D eigenvalue weighted by atomic mass is 32.2. The van der Waals surface area contributed by atoms with Gasteiger partial charge in [-0.3, -0.25) is 0 Å². The topological polar surface area (TPSA) is 72.2 Å². The lowest BCUT2D eigenvalue weighted by molar-refractivity contribution is 0.570. The molecular formula is C12H20N2O2S2. The van der Waals surface area contributed by atoms with Gasteiger partial charge in [-0.15, -0.1) is 0 Å². The van der Waals surface area contributed by atoms with Gasteiger partial charge in [0.05, 0.1) is 4.90 Å². The lowest BCUT2D eigenvalue weighted by Crippen LogP contribution is -2.35. The third-order valence-corrected chi connectivity index (χ3v) is 5.25. The van der Waals surface area contributed by atoms with E-state index in [0.29, 0.717) is 21.7 Å². The quantitative estimate of drug-likeness (QED) is 0.812. The summed E-state index contributed by atoms with van der Waals surface area (Å²) in [5, 5.41) is 0. The summed E-state index contributed by atoms with van der Waals surface area (Å²) in [6.45, 7) is 5.38. The molecule has 1 atom stereocenters. The molecule has 0 spiro atoms. The van der Waals surface area contributed by atoms with E-state index in [4.69, 9.17) is 5.73 Å². The minimum Gasteiger partial charge on any atom is -0.399 e. The van der Waals surface area contributed by atoms with Gasteiger partial charge >= 0.3 is 0 Å². The molecule has 0 aliphatic heterocycles. The molecule has 0 amide bonds. The summed E-state index contributed by atoms with van der Waals surface area (Å²) < 4.78 is 27.3. The molecule has 1 unspecified atom stereocenters. The molecule has 1 aromatic carbocycles. The van der Waals surface area contributed by atoms with Crippen LogP contribution in [-0.2, 0) is 10.0 Å². The zero-order chi connectivity index (χ0) is 13.9. The third-order valence-electron chi connectivity index (χ3n) is 2.52. The maximum Gasteiger partial charge on any atom is 0.241 e. The van der Waals surface area contributed by atoms with Crippen LogP contribution < -0.4 is 10.5 Å². The summed E-state index contributed by atoms with van der Waals surface area (Å²) >= 11 is 1.61. The van der Waals surface area contributed by atoms with Crippen LogP contribution in [0.4, 0.5) is 5.69 Å². The minimum absolute atomic E-state index is 0.0960. The summed E-state index contributed by atoms with van der Waals surface area (Å²) in [7, 11) is -3.48. The number of anilines is 1. The second-order valence-electron chi connectivity index (χ2n) is 4.46. The molecule has 1 rings (SSSR count). The number of nitrogens with two attached hydrogens (primary N) is 1. The van der Waals surface area contributed by atoms with E-state index in [1.54, 1.807) is 37.7 Å². The molecule has 1 aromatic rings. The summed E-state index contributed by atoms with van der Waals surface area (Å²) in [6, 6.07) is 3.27. The number of aryl methyl sites for hydroxylation is 2. The van der Waals surface area contributed by atoms with Crippen molar-refractivity contribution in [3.63, 3.8) is 0 Å². The van der Waals surface area contributed by atoms with E-state index in [1.165, 1.54) is 0 Å². The first-order chi connectivity index (χ1) is 8.27. The van der Waals surface area contributed by atoms with Crippen molar-refractivity contribution in [2.24, 2.45) is 0 Å². The summed E-state index contributed by atoms with van der Waals surface area (Å²) in [5.41, 5.74) is 7.64. The van der Waals surface area contributed by atoms with Crippen LogP contribution >= 0.6 is 11.8 Å². The van der Waals surface area contributed by atoms with E-state index in [1.807, 2.05) is 13.2 Å². The summed E-state index contributed by atoms with van der Waals surface area (Å²) in [6.07, 6.45) is 1.95. The van der Waals surface area contributed by atoms with Crippen LogP contribution in [0.3, 0.4) is 0 Å². The largest absolute Gasteiger partial charge is 0.399 e. The smallest absolute Gasteiger partial charge is 0.241 e. The molecule has 4 nitrogen and oxygen atoms in total. The SMILES string of the molecule is CSCC(C)NS(=O)(=O)c1c(C)cc(N)cc1C. The van der Waals surface area contributed by atoms with Gasteiger partial charge in [0.15, 0.2) is 0 Å². The Labute approximate surface area is 113 Å². The van der Waals surface area contributed by atoms with Crippen molar-refractivity contribution in [1.82, 2.24) is 4.72 Å². The van der Waals surface area contributed by atoms with E-state index < -0.39 is 10.0 Å². The molecule has 6 heteroatoms. The zero-order valence-corrected chi connectivity index (χ0v) is 12.8. The predicted molar refractivity (Wildman–Crippen MR) is 78.5 cm³/mol. The lowest BCUT2D eigenvalue weighted by Gasteiger charge is -2.16. The highest BCUT2D eigenvalue weighted by molar-refractivity contribution is 7.98. The Morgan fingerprint density at radius 1 is 1.33 bits per heavy atom. The first-order valence-corrected chi connectivity index (χ1v) is 8.53. The lowest BCUT2D eigenvalue weighted by atomic mass is 10.1. The first-order valence-electron chi connectivity index (χ1n) is 5.66. The summed E-state index contributed by atoms with van der Waals surface area (Å²) in [5.74, 6) is 0.742. The molecule has 0 aliphatic carbocycles. The number of rotatable bonds is 5. The molecule has 18 heavy (non-hydrogen) atoms. The van der Waals surface area contributed by atoms with Gasteiger partial charge < -0.3 is 5.73 Å². The zero-order valence-electron chi connectivity index (χ0n) is 11.1. The van der Waals surface area contributed by atoms with Crippen LogP contribution in [0.2, 0.25) is 0 Å². The van der Waals surface area contributed by atoms with E-state index in [-0.39, 0.29) is 6.04 Å². The van der Waals surface area contributed by atoms with Gasteiger partial charge in [-0.25, -0.2) is 13.1 Å². The van der Waals surface area contributed by atoms with Gasteiger partial charge in [-0.1, -0.05) is 0 Å². The number of hydrogen-bond acceptors (Lipinski definition) is 4. The molecule has 0 heterocycles. The number of nitrogen functional groups attached to an aromatic ring is 1. The number of nitrogens with one attached hydrogen (secondary N) is 1. The highest BCUT2D eigenvalue weighted by Gasteiger charge is 2.21. The number of thioether (sulfide) groups is 1. The monoisotopic (exact) mass is 288 g/mol. The Bertz CT molecular complexity index is 504. The van der Waals surface area contributed by atoms with E-state index >= 15 is 0 Å². The molecule has 0 radical (unpaired) electrons. The van der Waals surface area contributed by atoms with Crippen molar-refractivity contribution < 1.29 is 8.42 Å². The normalized spacial score (nSPS) is 13.6. The van der Waals surface area contributed by atoms with Crippen LogP contribution in [0.5, 0.6) is 0 Å².